The van der Waals surface area contributed by atoms with Gasteiger partial charge in [-0.25, -0.2) is 0 Å². The first-order chi connectivity index (χ1) is 9.37. The van der Waals surface area contributed by atoms with Crippen LogP contribution in [0.3, 0.4) is 0 Å². The molecule has 1 fully saturated rings. The standard InChI is InChI=1S/C16H14N2S/c1-2-6-12(7-3-1)16(10-11-16)17-15-13-8-4-5-9-14(13)19-18-15/h1-9H,10-11H2,(H,17,18). The molecule has 1 aliphatic carbocycles. The van der Waals surface area contributed by atoms with E-state index in [9.17, 15) is 0 Å². The van der Waals surface area contributed by atoms with Crippen molar-refractivity contribution < 1.29 is 0 Å². The first-order valence-electron chi connectivity index (χ1n) is 6.56. The quantitative estimate of drug-likeness (QED) is 0.760. The molecule has 0 aliphatic heterocycles. The van der Waals surface area contributed by atoms with Gasteiger partial charge in [-0.05, 0) is 42.1 Å². The van der Waals surface area contributed by atoms with Gasteiger partial charge >= 0.3 is 0 Å². The van der Waals surface area contributed by atoms with Crippen LogP contribution in [0.1, 0.15) is 18.4 Å². The van der Waals surface area contributed by atoms with E-state index in [1.165, 1.54) is 28.5 Å². The van der Waals surface area contributed by atoms with Crippen molar-refractivity contribution in [1.29, 1.82) is 0 Å². The van der Waals surface area contributed by atoms with E-state index in [4.69, 9.17) is 0 Å². The second kappa shape index (κ2) is 4.07. The first kappa shape index (κ1) is 11.0. The maximum absolute atomic E-state index is 4.58. The van der Waals surface area contributed by atoms with E-state index >= 15 is 0 Å². The predicted molar refractivity (Wildman–Crippen MR) is 80.6 cm³/mol. The van der Waals surface area contributed by atoms with Gasteiger partial charge in [0.15, 0.2) is 0 Å². The van der Waals surface area contributed by atoms with Crippen LogP contribution in [0.25, 0.3) is 10.1 Å². The van der Waals surface area contributed by atoms with E-state index < -0.39 is 0 Å². The van der Waals surface area contributed by atoms with Crippen molar-refractivity contribution in [3.05, 3.63) is 60.2 Å². The van der Waals surface area contributed by atoms with Crippen molar-refractivity contribution in [2.75, 3.05) is 5.32 Å². The van der Waals surface area contributed by atoms with Gasteiger partial charge in [-0.3, -0.25) is 0 Å². The number of anilines is 1. The van der Waals surface area contributed by atoms with Crippen LogP contribution in [0.15, 0.2) is 54.6 Å². The number of aromatic nitrogens is 1. The molecule has 2 nitrogen and oxygen atoms in total. The molecule has 0 spiro atoms. The van der Waals surface area contributed by atoms with Gasteiger partial charge in [0.05, 0.1) is 10.2 Å². The fourth-order valence-electron chi connectivity index (χ4n) is 2.57. The summed E-state index contributed by atoms with van der Waals surface area (Å²) in [5.74, 6) is 1.03. The molecule has 3 aromatic rings. The van der Waals surface area contributed by atoms with E-state index in [-0.39, 0.29) is 5.54 Å². The van der Waals surface area contributed by atoms with Crippen molar-refractivity contribution in [2.45, 2.75) is 18.4 Å². The third kappa shape index (κ3) is 1.81. The first-order valence-corrected chi connectivity index (χ1v) is 7.33. The van der Waals surface area contributed by atoms with Gasteiger partial charge < -0.3 is 5.32 Å². The monoisotopic (exact) mass is 266 g/mol. The normalized spacial score (nSPS) is 16.4. The van der Waals surface area contributed by atoms with Gasteiger partial charge in [-0.2, -0.15) is 4.37 Å². The Hall–Kier alpha value is -1.87. The Morgan fingerprint density at radius 2 is 1.68 bits per heavy atom. The molecular formula is C16H14N2S. The summed E-state index contributed by atoms with van der Waals surface area (Å²) in [6.45, 7) is 0. The average Bonchev–Trinajstić information content (AvgIpc) is 3.15. The number of nitrogens with one attached hydrogen (secondary N) is 1. The molecule has 4 rings (SSSR count). The van der Waals surface area contributed by atoms with Crippen molar-refractivity contribution in [2.24, 2.45) is 0 Å². The van der Waals surface area contributed by atoms with Crippen molar-refractivity contribution in [1.82, 2.24) is 4.37 Å². The molecule has 94 valence electrons. The molecule has 1 heterocycles. The van der Waals surface area contributed by atoms with Gasteiger partial charge in [-0.15, -0.1) is 0 Å². The molecule has 0 bridgehead atoms. The Morgan fingerprint density at radius 3 is 2.47 bits per heavy atom. The second-order valence-corrected chi connectivity index (χ2v) is 5.91. The number of hydrogen-bond donors (Lipinski definition) is 1. The summed E-state index contributed by atoms with van der Waals surface area (Å²) < 4.78 is 5.82. The maximum atomic E-state index is 4.58. The van der Waals surface area contributed by atoms with Crippen LogP contribution >= 0.6 is 11.5 Å². The average molecular weight is 266 g/mol. The minimum Gasteiger partial charge on any atom is -0.359 e. The number of nitrogens with zero attached hydrogens (tertiary/aromatic N) is 1. The highest BCUT2D eigenvalue weighted by atomic mass is 32.1. The fourth-order valence-corrected chi connectivity index (χ4v) is 3.31. The van der Waals surface area contributed by atoms with Crippen molar-refractivity contribution >= 4 is 27.4 Å². The summed E-state index contributed by atoms with van der Waals surface area (Å²) >= 11 is 1.57. The van der Waals surface area contributed by atoms with E-state index in [0.717, 1.165) is 5.82 Å². The summed E-state index contributed by atoms with van der Waals surface area (Å²) in [5, 5.41) is 4.90. The topological polar surface area (TPSA) is 24.9 Å². The second-order valence-electron chi connectivity index (χ2n) is 5.10. The molecule has 19 heavy (non-hydrogen) atoms. The summed E-state index contributed by atoms with van der Waals surface area (Å²) in [6, 6.07) is 19.1. The third-order valence-electron chi connectivity index (χ3n) is 3.81. The molecule has 1 N–H and O–H groups in total. The highest BCUT2D eigenvalue weighted by Gasteiger charge is 2.44. The third-order valence-corrected chi connectivity index (χ3v) is 4.64. The van der Waals surface area contributed by atoms with Crippen molar-refractivity contribution in [3.8, 4) is 0 Å². The van der Waals surface area contributed by atoms with Gasteiger partial charge in [0.25, 0.3) is 0 Å². The molecule has 0 amide bonds. The van der Waals surface area contributed by atoms with Gasteiger partial charge in [0.1, 0.15) is 5.82 Å². The van der Waals surface area contributed by atoms with Crippen LogP contribution < -0.4 is 5.32 Å². The van der Waals surface area contributed by atoms with Crippen LogP contribution in [-0.4, -0.2) is 4.37 Å². The molecule has 1 aromatic heterocycles. The largest absolute Gasteiger partial charge is 0.359 e. The molecule has 0 unspecified atom stereocenters. The van der Waals surface area contributed by atoms with Crippen LogP contribution in [0.4, 0.5) is 5.82 Å². The predicted octanol–water partition coefficient (Wildman–Crippen LogP) is 4.40. The zero-order chi connectivity index (χ0) is 12.7. The summed E-state index contributed by atoms with van der Waals surface area (Å²) in [5.41, 5.74) is 1.48. The summed E-state index contributed by atoms with van der Waals surface area (Å²) in [6.07, 6.45) is 2.37. The van der Waals surface area contributed by atoms with Crippen molar-refractivity contribution in [3.63, 3.8) is 0 Å². The van der Waals surface area contributed by atoms with Crippen LogP contribution in [-0.2, 0) is 5.54 Å². The molecule has 0 saturated heterocycles. The zero-order valence-corrected chi connectivity index (χ0v) is 11.3. The lowest BCUT2D eigenvalue weighted by molar-refractivity contribution is 0.805. The highest BCUT2D eigenvalue weighted by molar-refractivity contribution is 7.13. The van der Waals surface area contributed by atoms with E-state index in [1.54, 1.807) is 11.5 Å². The van der Waals surface area contributed by atoms with Crippen LogP contribution in [0.5, 0.6) is 0 Å². The minimum atomic E-state index is 0.109. The van der Waals surface area contributed by atoms with E-state index in [1.807, 2.05) is 0 Å². The Bertz CT molecular complexity index is 714. The fraction of sp³-hybridized carbons (Fsp3) is 0.188. The minimum absolute atomic E-state index is 0.109. The number of benzene rings is 2. The molecular weight excluding hydrogens is 252 g/mol. The molecule has 2 aromatic carbocycles. The van der Waals surface area contributed by atoms with E-state index in [0.29, 0.717) is 0 Å². The molecule has 0 atom stereocenters. The van der Waals surface area contributed by atoms with Gasteiger partial charge in [0.2, 0.25) is 0 Å². The molecule has 0 radical (unpaired) electrons. The van der Waals surface area contributed by atoms with Crippen LogP contribution in [0.2, 0.25) is 0 Å². The molecule has 3 heteroatoms. The van der Waals surface area contributed by atoms with Gasteiger partial charge in [-0.1, -0.05) is 42.5 Å². The lowest BCUT2D eigenvalue weighted by Crippen LogP contribution is -2.18. The Balaban J connectivity index is 1.72. The maximum Gasteiger partial charge on any atom is 0.148 e. The lowest BCUT2D eigenvalue weighted by Gasteiger charge is -2.17. The number of hydrogen-bond acceptors (Lipinski definition) is 3. The number of rotatable bonds is 3. The smallest absolute Gasteiger partial charge is 0.148 e. The Kier molecular flexibility index (Phi) is 2.35. The number of fused-ring (bicyclic) bond motifs is 1. The SMILES string of the molecule is c1ccc(C2(Nc3nsc4ccccc34)CC2)cc1. The Morgan fingerprint density at radius 1 is 0.947 bits per heavy atom. The summed E-state index contributed by atoms with van der Waals surface area (Å²) in [7, 11) is 0. The van der Waals surface area contributed by atoms with E-state index in [2.05, 4.69) is 64.3 Å². The molecule has 1 saturated carbocycles. The summed E-state index contributed by atoms with van der Waals surface area (Å²) in [4.78, 5) is 0. The molecule has 1 aliphatic rings. The van der Waals surface area contributed by atoms with Crippen LogP contribution in [0, 0.1) is 0 Å². The Labute approximate surface area is 116 Å². The zero-order valence-electron chi connectivity index (χ0n) is 10.5. The lowest BCUT2D eigenvalue weighted by atomic mass is 10.0. The highest BCUT2D eigenvalue weighted by Crippen LogP contribution is 2.48. The van der Waals surface area contributed by atoms with Gasteiger partial charge in [0, 0.05) is 5.39 Å².